The van der Waals surface area contributed by atoms with Gasteiger partial charge >= 0.3 is 0 Å². The molecule has 6 heteroatoms. The quantitative estimate of drug-likeness (QED) is 0.760. The van der Waals surface area contributed by atoms with Gasteiger partial charge in [0.15, 0.2) is 0 Å². The third-order valence-corrected chi connectivity index (χ3v) is 4.45. The topological polar surface area (TPSA) is 87.5 Å². The van der Waals surface area contributed by atoms with Crippen LogP contribution in [0.15, 0.2) is 0 Å². The van der Waals surface area contributed by atoms with Crippen LogP contribution < -0.4 is 5.73 Å². The van der Waals surface area contributed by atoms with Gasteiger partial charge in [0.05, 0.1) is 35.3 Å². The number of rotatable bonds is 4. The van der Waals surface area contributed by atoms with E-state index in [1.807, 2.05) is 20.8 Å². The highest BCUT2D eigenvalue weighted by Gasteiger charge is 2.26. The Morgan fingerprint density at radius 2 is 2.00 bits per heavy atom. The summed E-state index contributed by atoms with van der Waals surface area (Å²) in [5.74, 6) is 0. The van der Waals surface area contributed by atoms with Crippen molar-refractivity contribution in [1.82, 2.24) is 14.7 Å². The summed E-state index contributed by atoms with van der Waals surface area (Å²) < 4.78 is 1.78. The highest BCUT2D eigenvalue weighted by Crippen LogP contribution is 2.21. The van der Waals surface area contributed by atoms with Crippen LogP contribution in [0.2, 0.25) is 0 Å². The SMILES string of the molecule is Cc1nn(CC(O)CN2CCCC(C)(O)CC2)c(C)c1N. The lowest BCUT2D eigenvalue weighted by atomic mass is 9.98. The van der Waals surface area contributed by atoms with E-state index in [2.05, 4.69) is 10.00 Å². The number of nitrogens with two attached hydrogens (primary N) is 1. The molecule has 0 aliphatic carbocycles. The van der Waals surface area contributed by atoms with E-state index >= 15 is 0 Å². The number of hydrogen-bond donors (Lipinski definition) is 3. The molecule has 0 radical (unpaired) electrons. The zero-order chi connectivity index (χ0) is 15.6. The van der Waals surface area contributed by atoms with E-state index in [0.29, 0.717) is 18.8 Å². The first kappa shape index (κ1) is 16.3. The van der Waals surface area contributed by atoms with E-state index < -0.39 is 11.7 Å². The summed E-state index contributed by atoms with van der Waals surface area (Å²) in [5.41, 5.74) is 7.76. The lowest BCUT2D eigenvalue weighted by molar-refractivity contribution is 0.0412. The number of nitrogens with zero attached hydrogens (tertiary/aromatic N) is 3. The molecule has 21 heavy (non-hydrogen) atoms. The molecule has 1 aromatic heterocycles. The molecule has 4 N–H and O–H groups in total. The zero-order valence-corrected chi connectivity index (χ0v) is 13.3. The van der Waals surface area contributed by atoms with Crippen LogP contribution in [-0.4, -0.2) is 56.2 Å². The Balaban J connectivity index is 1.89. The third-order valence-electron chi connectivity index (χ3n) is 4.45. The van der Waals surface area contributed by atoms with Gasteiger partial charge in [-0.1, -0.05) is 0 Å². The normalized spacial score (nSPS) is 25.8. The van der Waals surface area contributed by atoms with Gasteiger partial charge in [-0.05, 0) is 46.6 Å². The maximum atomic E-state index is 10.3. The largest absolute Gasteiger partial charge is 0.396 e. The number of likely N-dealkylation sites (tertiary alicyclic amines) is 1. The van der Waals surface area contributed by atoms with Crippen LogP contribution in [0.25, 0.3) is 0 Å². The fourth-order valence-electron chi connectivity index (χ4n) is 2.95. The highest BCUT2D eigenvalue weighted by atomic mass is 16.3. The molecule has 2 atom stereocenters. The zero-order valence-electron chi connectivity index (χ0n) is 13.3. The number of aromatic nitrogens is 2. The molecule has 6 nitrogen and oxygen atoms in total. The number of aliphatic hydroxyl groups excluding tert-OH is 1. The monoisotopic (exact) mass is 296 g/mol. The van der Waals surface area contributed by atoms with Crippen LogP contribution in [0.4, 0.5) is 5.69 Å². The van der Waals surface area contributed by atoms with E-state index in [9.17, 15) is 10.2 Å². The molecule has 120 valence electrons. The Labute approximate surface area is 126 Å². The van der Waals surface area contributed by atoms with Crippen molar-refractivity contribution in [3.63, 3.8) is 0 Å². The van der Waals surface area contributed by atoms with E-state index in [0.717, 1.165) is 43.7 Å². The molecule has 1 aliphatic rings. The maximum absolute atomic E-state index is 10.3. The fourth-order valence-corrected chi connectivity index (χ4v) is 2.95. The molecule has 1 aliphatic heterocycles. The lowest BCUT2D eigenvalue weighted by Crippen LogP contribution is -2.36. The van der Waals surface area contributed by atoms with Gasteiger partial charge < -0.3 is 20.8 Å². The van der Waals surface area contributed by atoms with Gasteiger partial charge in [-0.3, -0.25) is 4.68 Å². The summed E-state index contributed by atoms with van der Waals surface area (Å²) in [6, 6.07) is 0. The van der Waals surface area contributed by atoms with Crippen LogP contribution in [0.1, 0.15) is 37.6 Å². The minimum Gasteiger partial charge on any atom is -0.396 e. The second-order valence-corrected chi connectivity index (χ2v) is 6.57. The predicted octanol–water partition coefficient (Wildman–Crippen LogP) is 0.680. The first-order chi connectivity index (χ1) is 9.78. The Hall–Kier alpha value is -1.11. The average Bonchev–Trinajstić information content (AvgIpc) is 2.56. The molecular formula is C15H28N4O2. The molecule has 0 spiro atoms. The van der Waals surface area contributed by atoms with E-state index in [1.54, 1.807) is 4.68 Å². The van der Waals surface area contributed by atoms with Crippen LogP contribution in [0.5, 0.6) is 0 Å². The highest BCUT2D eigenvalue weighted by molar-refractivity contribution is 5.46. The summed E-state index contributed by atoms with van der Waals surface area (Å²) in [4.78, 5) is 2.22. The minimum absolute atomic E-state index is 0.455. The van der Waals surface area contributed by atoms with Gasteiger partial charge in [0.25, 0.3) is 0 Å². The Bertz CT molecular complexity index is 484. The Morgan fingerprint density at radius 3 is 2.62 bits per heavy atom. The van der Waals surface area contributed by atoms with Crippen LogP contribution in [0, 0.1) is 13.8 Å². The number of β-amino-alcohol motifs (C(OH)–C–C–N with tert-alkyl or cyclic N) is 1. The van der Waals surface area contributed by atoms with Gasteiger partial charge in [-0.15, -0.1) is 0 Å². The van der Waals surface area contributed by atoms with Crippen molar-refractivity contribution >= 4 is 5.69 Å². The fraction of sp³-hybridized carbons (Fsp3) is 0.800. The maximum Gasteiger partial charge on any atom is 0.0862 e. The molecular weight excluding hydrogens is 268 g/mol. The van der Waals surface area contributed by atoms with E-state index in [1.165, 1.54) is 0 Å². The summed E-state index contributed by atoms with van der Waals surface area (Å²) in [7, 11) is 0. The molecule has 1 aromatic rings. The van der Waals surface area contributed by atoms with Crippen LogP contribution in [0.3, 0.4) is 0 Å². The first-order valence-electron chi connectivity index (χ1n) is 7.71. The molecule has 0 aromatic carbocycles. The molecule has 1 saturated heterocycles. The second kappa shape index (κ2) is 6.34. The third kappa shape index (κ3) is 4.18. The van der Waals surface area contributed by atoms with Gasteiger partial charge in [-0.2, -0.15) is 5.10 Å². The van der Waals surface area contributed by atoms with Crippen molar-refractivity contribution < 1.29 is 10.2 Å². The number of nitrogen functional groups attached to an aromatic ring is 1. The van der Waals surface area contributed by atoms with Crippen molar-refractivity contribution in [3.05, 3.63) is 11.4 Å². The molecule has 2 unspecified atom stereocenters. The lowest BCUT2D eigenvalue weighted by Gasteiger charge is -2.24. The first-order valence-corrected chi connectivity index (χ1v) is 7.71. The number of anilines is 1. The molecule has 1 fully saturated rings. The van der Waals surface area contributed by atoms with Crippen molar-refractivity contribution in [3.8, 4) is 0 Å². The molecule has 0 amide bonds. The van der Waals surface area contributed by atoms with Gasteiger partial charge in [0, 0.05) is 13.1 Å². The smallest absolute Gasteiger partial charge is 0.0862 e. The summed E-state index contributed by atoms with van der Waals surface area (Å²) in [5, 5.41) is 24.7. The predicted molar refractivity (Wildman–Crippen MR) is 83.0 cm³/mol. The number of aliphatic hydroxyl groups is 2. The molecule has 0 bridgehead atoms. The Kier molecular flexibility index (Phi) is 4.91. The van der Waals surface area contributed by atoms with Gasteiger partial charge in [-0.25, -0.2) is 0 Å². The van der Waals surface area contributed by atoms with Gasteiger partial charge in [0.2, 0.25) is 0 Å². The molecule has 2 rings (SSSR count). The minimum atomic E-state index is -0.566. The Morgan fingerprint density at radius 1 is 1.29 bits per heavy atom. The second-order valence-electron chi connectivity index (χ2n) is 6.57. The summed E-state index contributed by atoms with van der Waals surface area (Å²) in [6.07, 6.45) is 2.07. The number of aryl methyl sites for hydroxylation is 1. The van der Waals surface area contributed by atoms with E-state index in [-0.39, 0.29) is 0 Å². The van der Waals surface area contributed by atoms with Crippen LogP contribution >= 0.6 is 0 Å². The summed E-state index contributed by atoms with van der Waals surface area (Å²) >= 11 is 0. The summed E-state index contributed by atoms with van der Waals surface area (Å²) in [6.45, 7) is 8.50. The molecule has 2 heterocycles. The van der Waals surface area contributed by atoms with Gasteiger partial charge in [0.1, 0.15) is 0 Å². The van der Waals surface area contributed by atoms with Crippen molar-refractivity contribution in [2.45, 2.75) is 58.3 Å². The number of hydrogen-bond acceptors (Lipinski definition) is 5. The van der Waals surface area contributed by atoms with Crippen molar-refractivity contribution in [2.24, 2.45) is 0 Å². The average molecular weight is 296 g/mol. The standard InChI is InChI=1S/C15H28N4O2/c1-11-14(16)12(2)19(17-11)10-13(20)9-18-7-4-5-15(3,21)6-8-18/h13,20-21H,4-10,16H2,1-3H3. The van der Waals surface area contributed by atoms with E-state index in [4.69, 9.17) is 5.73 Å². The van der Waals surface area contributed by atoms with Crippen molar-refractivity contribution in [1.29, 1.82) is 0 Å². The van der Waals surface area contributed by atoms with Crippen molar-refractivity contribution in [2.75, 3.05) is 25.4 Å². The molecule has 0 saturated carbocycles. The van der Waals surface area contributed by atoms with Crippen LogP contribution in [-0.2, 0) is 6.54 Å².